The minimum absolute atomic E-state index is 0.0768. The average molecular weight is 350 g/mol. The highest BCUT2D eigenvalue weighted by Crippen LogP contribution is 2.32. The topological polar surface area (TPSA) is 58.6 Å². The van der Waals surface area contributed by atoms with Crippen LogP contribution in [0.2, 0.25) is 0 Å². The molecular weight excluding hydrogens is 328 g/mol. The van der Waals surface area contributed by atoms with E-state index in [9.17, 15) is 9.59 Å². The Balaban J connectivity index is 1.57. The maximum Gasteiger partial charge on any atom is 0.243 e. The molecule has 2 aliphatic heterocycles. The molecule has 0 saturated heterocycles. The molecule has 26 heavy (non-hydrogen) atoms. The Labute approximate surface area is 153 Å². The van der Waals surface area contributed by atoms with Crippen LogP contribution in [0.5, 0.6) is 5.75 Å². The van der Waals surface area contributed by atoms with Crippen molar-refractivity contribution in [2.24, 2.45) is 0 Å². The second-order valence-electron chi connectivity index (χ2n) is 6.87. The summed E-state index contributed by atoms with van der Waals surface area (Å²) < 4.78 is 5.67. The lowest BCUT2D eigenvalue weighted by Gasteiger charge is -2.36. The summed E-state index contributed by atoms with van der Waals surface area (Å²) in [6, 6.07) is 15.2. The highest BCUT2D eigenvalue weighted by Gasteiger charge is 2.34. The largest absolute Gasteiger partial charge is 0.493 e. The van der Waals surface area contributed by atoms with Gasteiger partial charge in [0.2, 0.25) is 11.8 Å². The lowest BCUT2D eigenvalue weighted by Crippen LogP contribution is -2.52. The number of para-hydroxylation sites is 1. The third-order valence-corrected chi connectivity index (χ3v) is 5.23. The predicted octanol–water partition coefficient (Wildman–Crippen LogP) is 2.60. The smallest absolute Gasteiger partial charge is 0.243 e. The molecule has 0 spiro atoms. The lowest BCUT2D eigenvalue weighted by molar-refractivity contribution is -0.140. The molecule has 0 aromatic heterocycles. The van der Waals surface area contributed by atoms with Gasteiger partial charge in [-0.25, -0.2) is 0 Å². The first-order valence-electron chi connectivity index (χ1n) is 8.99. The summed E-state index contributed by atoms with van der Waals surface area (Å²) in [5.74, 6) is 0.643. The molecule has 2 amide bonds. The molecule has 0 radical (unpaired) electrons. The van der Waals surface area contributed by atoms with Gasteiger partial charge in [-0.05, 0) is 17.2 Å². The normalized spacial score (nSPS) is 21.2. The van der Waals surface area contributed by atoms with Crippen LogP contribution < -0.4 is 10.1 Å². The number of carbonyl (C=O) groups is 2. The van der Waals surface area contributed by atoms with Crippen LogP contribution in [-0.4, -0.2) is 29.4 Å². The van der Waals surface area contributed by atoms with E-state index >= 15 is 0 Å². The predicted molar refractivity (Wildman–Crippen MR) is 97.6 cm³/mol. The molecule has 4 rings (SSSR count). The molecule has 0 aliphatic carbocycles. The van der Waals surface area contributed by atoms with Crippen LogP contribution in [-0.2, 0) is 22.6 Å². The minimum Gasteiger partial charge on any atom is -0.493 e. The second-order valence-corrected chi connectivity index (χ2v) is 6.87. The first-order chi connectivity index (χ1) is 12.6. The summed E-state index contributed by atoms with van der Waals surface area (Å²) in [4.78, 5) is 26.9. The molecule has 5 nitrogen and oxygen atoms in total. The van der Waals surface area contributed by atoms with Crippen molar-refractivity contribution in [3.8, 4) is 5.75 Å². The Hall–Kier alpha value is -2.82. The van der Waals surface area contributed by atoms with Crippen molar-refractivity contribution in [1.82, 2.24) is 10.2 Å². The molecule has 2 aromatic rings. The fraction of sp³-hybridized carbons (Fsp3) is 0.333. The van der Waals surface area contributed by atoms with Crippen molar-refractivity contribution in [2.75, 3.05) is 6.61 Å². The van der Waals surface area contributed by atoms with E-state index in [1.165, 1.54) is 6.92 Å². The average Bonchev–Trinajstić information content (AvgIpc) is 2.67. The number of carbonyl (C=O) groups excluding carboxylic acids is 2. The Morgan fingerprint density at radius 2 is 1.81 bits per heavy atom. The molecule has 2 aromatic carbocycles. The van der Waals surface area contributed by atoms with Crippen LogP contribution in [0.4, 0.5) is 0 Å². The van der Waals surface area contributed by atoms with Gasteiger partial charge in [0.15, 0.2) is 0 Å². The number of hydrogen-bond donors (Lipinski definition) is 1. The van der Waals surface area contributed by atoms with Gasteiger partial charge in [0.05, 0.1) is 12.6 Å². The number of hydrogen-bond acceptors (Lipinski definition) is 3. The third kappa shape index (κ3) is 3.05. The van der Waals surface area contributed by atoms with Crippen molar-refractivity contribution >= 4 is 11.8 Å². The van der Waals surface area contributed by atoms with Gasteiger partial charge in [0.25, 0.3) is 0 Å². The first-order valence-corrected chi connectivity index (χ1v) is 8.99. The molecule has 1 N–H and O–H groups in total. The summed E-state index contributed by atoms with van der Waals surface area (Å²) in [5.41, 5.74) is 3.25. The Morgan fingerprint density at radius 3 is 2.62 bits per heavy atom. The zero-order valence-electron chi connectivity index (χ0n) is 14.8. The molecule has 2 aliphatic rings. The second kappa shape index (κ2) is 6.83. The summed E-state index contributed by atoms with van der Waals surface area (Å²) in [5, 5.41) is 3.15. The molecule has 0 saturated carbocycles. The van der Waals surface area contributed by atoms with E-state index in [4.69, 9.17) is 4.74 Å². The van der Waals surface area contributed by atoms with E-state index < -0.39 is 6.04 Å². The SMILES string of the molecule is CC(=O)N1Cc2ccccc2C[C@@H]1C(=O)N[C@@H]1CCOc2ccccc21. The molecule has 134 valence electrons. The highest BCUT2D eigenvalue weighted by molar-refractivity contribution is 5.88. The molecule has 0 unspecified atom stereocenters. The van der Waals surface area contributed by atoms with Crippen molar-refractivity contribution in [3.05, 3.63) is 65.2 Å². The first kappa shape index (κ1) is 16.6. The number of nitrogens with one attached hydrogen (secondary N) is 1. The summed E-state index contributed by atoms with van der Waals surface area (Å²) in [6.45, 7) is 2.58. The van der Waals surface area contributed by atoms with E-state index in [1.807, 2.05) is 48.5 Å². The van der Waals surface area contributed by atoms with Crippen LogP contribution >= 0.6 is 0 Å². The fourth-order valence-corrected chi connectivity index (χ4v) is 3.85. The molecule has 5 heteroatoms. The quantitative estimate of drug-likeness (QED) is 0.906. The Bertz CT molecular complexity index is 849. The number of nitrogens with zero attached hydrogens (tertiary/aromatic N) is 1. The maximum absolute atomic E-state index is 13.1. The fourth-order valence-electron chi connectivity index (χ4n) is 3.85. The maximum atomic E-state index is 13.1. The number of fused-ring (bicyclic) bond motifs is 2. The number of benzene rings is 2. The van der Waals surface area contributed by atoms with E-state index in [0.29, 0.717) is 19.6 Å². The monoisotopic (exact) mass is 350 g/mol. The van der Waals surface area contributed by atoms with Crippen molar-refractivity contribution in [3.63, 3.8) is 0 Å². The van der Waals surface area contributed by atoms with Gasteiger partial charge in [-0.2, -0.15) is 0 Å². The van der Waals surface area contributed by atoms with Gasteiger partial charge < -0.3 is 15.0 Å². The van der Waals surface area contributed by atoms with Gasteiger partial charge >= 0.3 is 0 Å². The zero-order valence-corrected chi connectivity index (χ0v) is 14.8. The third-order valence-electron chi connectivity index (χ3n) is 5.23. The molecule has 2 heterocycles. The van der Waals surface area contributed by atoms with Crippen molar-refractivity contribution in [2.45, 2.75) is 38.4 Å². The van der Waals surface area contributed by atoms with E-state index in [-0.39, 0.29) is 17.9 Å². The van der Waals surface area contributed by atoms with Crippen LogP contribution in [0.15, 0.2) is 48.5 Å². The Kier molecular flexibility index (Phi) is 4.37. The minimum atomic E-state index is -0.475. The molecule has 0 bridgehead atoms. The van der Waals surface area contributed by atoms with E-state index in [0.717, 1.165) is 28.9 Å². The summed E-state index contributed by atoms with van der Waals surface area (Å²) >= 11 is 0. The number of amides is 2. The number of ether oxygens (including phenoxy) is 1. The molecular formula is C21H22N2O3. The number of rotatable bonds is 2. The zero-order chi connectivity index (χ0) is 18.1. The lowest BCUT2D eigenvalue weighted by atomic mass is 9.92. The van der Waals surface area contributed by atoms with Crippen molar-refractivity contribution in [1.29, 1.82) is 0 Å². The summed E-state index contributed by atoms with van der Waals surface area (Å²) in [7, 11) is 0. The van der Waals surface area contributed by atoms with Gasteiger partial charge in [-0.3, -0.25) is 9.59 Å². The molecule has 0 fully saturated rings. The standard InChI is InChI=1S/C21H22N2O3/c1-14(24)23-13-16-7-3-2-6-15(16)12-19(23)21(25)22-18-10-11-26-20-9-5-4-8-17(18)20/h2-9,18-19H,10-13H2,1H3,(H,22,25)/t18-,19-/m1/s1. The Morgan fingerprint density at radius 1 is 1.08 bits per heavy atom. The van der Waals surface area contributed by atoms with Crippen LogP contribution in [0.1, 0.15) is 36.1 Å². The molecule has 2 atom stereocenters. The summed E-state index contributed by atoms with van der Waals surface area (Å²) in [6.07, 6.45) is 1.28. The van der Waals surface area contributed by atoms with E-state index in [2.05, 4.69) is 5.32 Å². The van der Waals surface area contributed by atoms with Crippen LogP contribution in [0, 0.1) is 0 Å². The van der Waals surface area contributed by atoms with Crippen LogP contribution in [0.25, 0.3) is 0 Å². The van der Waals surface area contributed by atoms with Gasteiger partial charge in [0.1, 0.15) is 11.8 Å². The van der Waals surface area contributed by atoms with Crippen LogP contribution in [0.3, 0.4) is 0 Å². The van der Waals surface area contributed by atoms with Gasteiger partial charge in [0, 0.05) is 31.9 Å². The van der Waals surface area contributed by atoms with Gasteiger partial charge in [-0.1, -0.05) is 42.5 Å². The van der Waals surface area contributed by atoms with Gasteiger partial charge in [-0.15, -0.1) is 0 Å². The van der Waals surface area contributed by atoms with E-state index in [1.54, 1.807) is 4.90 Å². The highest BCUT2D eigenvalue weighted by atomic mass is 16.5. The van der Waals surface area contributed by atoms with Crippen molar-refractivity contribution < 1.29 is 14.3 Å².